The quantitative estimate of drug-likeness (QED) is 0.832. The summed E-state index contributed by atoms with van der Waals surface area (Å²) in [4.78, 5) is 29.0. The molecule has 0 aliphatic carbocycles. The summed E-state index contributed by atoms with van der Waals surface area (Å²) in [5.74, 6) is 0.203. The predicted octanol–water partition coefficient (Wildman–Crippen LogP) is 0.817. The van der Waals surface area contributed by atoms with Gasteiger partial charge in [-0.2, -0.15) is 4.98 Å². The van der Waals surface area contributed by atoms with Crippen molar-refractivity contribution in [3.05, 3.63) is 11.7 Å². The number of hydrogen-bond acceptors (Lipinski definition) is 5. The van der Waals surface area contributed by atoms with Crippen LogP contribution in [-0.2, 0) is 11.2 Å². The van der Waals surface area contributed by atoms with Gasteiger partial charge in [0.15, 0.2) is 5.82 Å². The molecule has 8 heteroatoms. The molecule has 0 radical (unpaired) electrons. The maximum absolute atomic E-state index is 12.0. The number of carboxylic acid groups (broad SMARTS) is 1. The van der Waals surface area contributed by atoms with Crippen molar-refractivity contribution in [1.82, 2.24) is 20.4 Å². The standard InChI is InChI=1S/C13H20N4O4/c1-3-13(11(18)19)5-7-17(8-13)12(20)14-6-4-10-15-9(2)16-21-10/h3-8H2,1-2H3,(H,14,20)(H,18,19). The van der Waals surface area contributed by atoms with Crippen molar-refractivity contribution in [3.63, 3.8) is 0 Å². The van der Waals surface area contributed by atoms with Gasteiger partial charge in [0.05, 0.1) is 5.41 Å². The molecule has 2 heterocycles. The Hall–Kier alpha value is -2.12. The second-order valence-electron chi connectivity index (χ2n) is 5.33. The molecule has 1 aliphatic heterocycles. The summed E-state index contributed by atoms with van der Waals surface area (Å²) in [5, 5.41) is 15.7. The van der Waals surface area contributed by atoms with E-state index in [9.17, 15) is 14.7 Å². The second-order valence-corrected chi connectivity index (χ2v) is 5.33. The number of nitrogens with zero attached hydrogens (tertiary/aromatic N) is 3. The lowest BCUT2D eigenvalue weighted by molar-refractivity contribution is -0.148. The predicted molar refractivity (Wildman–Crippen MR) is 72.7 cm³/mol. The van der Waals surface area contributed by atoms with Crippen molar-refractivity contribution in [2.45, 2.75) is 33.1 Å². The summed E-state index contributed by atoms with van der Waals surface area (Å²) in [6.07, 6.45) is 1.47. The highest BCUT2D eigenvalue weighted by Gasteiger charge is 2.44. The van der Waals surface area contributed by atoms with E-state index >= 15 is 0 Å². The largest absolute Gasteiger partial charge is 0.481 e. The number of amides is 2. The Labute approximate surface area is 122 Å². The van der Waals surface area contributed by atoms with Crippen LogP contribution in [0.2, 0.25) is 0 Å². The van der Waals surface area contributed by atoms with Crippen LogP contribution in [0, 0.1) is 12.3 Å². The number of aryl methyl sites for hydroxylation is 1. The normalized spacial score (nSPS) is 21.5. The lowest BCUT2D eigenvalue weighted by Gasteiger charge is -2.23. The number of hydrogen-bond donors (Lipinski definition) is 2. The van der Waals surface area contributed by atoms with Gasteiger partial charge in [-0.25, -0.2) is 4.79 Å². The lowest BCUT2D eigenvalue weighted by Crippen LogP contribution is -2.42. The number of carbonyl (C=O) groups is 2. The van der Waals surface area contributed by atoms with Gasteiger partial charge in [-0.1, -0.05) is 12.1 Å². The number of likely N-dealkylation sites (tertiary alicyclic amines) is 1. The molecule has 2 amide bonds. The van der Waals surface area contributed by atoms with E-state index in [1.807, 2.05) is 6.92 Å². The number of carbonyl (C=O) groups excluding carboxylic acids is 1. The van der Waals surface area contributed by atoms with Gasteiger partial charge in [-0.3, -0.25) is 4.79 Å². The molecule has 1 saturated heterocycles. The summed E-state index contributed by atoms with van der Waals surface area (Å²) in [6.45, 7) is 4.67. The van der Waals surface area contributed by atoms with Gasteiger partial charge in [0.25, 0.3) is 0 Å². The van der Waals surface area contributed by atoms with Gasteiger partial charge in [-0.15, -0.1) is 0 Å². The number of rotatable bonds is 5. The van der Waals surface area contributed by atoms with E-state index in [2.05, 4.69) is 15.5 Å². The van der Waals surface area contributed by atoms with E-state index in [1.54, 1.807) is 11.8 Å². The number of nitrogens with one attached hydrogen (secondary N) is 1. The summed E-state index contributed by atoms with van der Waals surface area (Å²) in [5.41, 5.74) is -0.805. The minimum Gasteiger partial charge on any atom is -0.481 e. The van der Waals surface area contributed by atoms with Gasteiger partial charge in [0.2, 0.25) is 5.89 Å². The second kappa shape index (κ2) is 6.11. The van der Waals surface area contributed by atoms with Crippen molar-refractivity contribution in [1.29, 1.82) is 0 Å². The molecule has 0 spiro atoms. The summed E-state index contributed by atoms with van der Waals surface area (Å²) >= 11 is 0. The number of urea groups is 1. The van der Waals surface area contributed by atoms with Gasteiger partial charge in [0, 0.05) is 26.1 Å². The zero-order valence-electron chi connectivity index (χ0n) is 12.3. The van der Waals surface area contributed by atoms with Crippen LogP contribution in [0.1, 0.15) is 31.5 Å². The smallest absolute Gasteiger partial charge is 0.317 e. The average Bonchev–Trinajstić information content (AvgIpc) is 3.06. The summed E-state index contributed by atoms with van der Waals surface area (Å²) in [6, 6.07) is -0.247. The first-order valence-corrected chi connectivity index (χ1v) is 7.02. The molecular weight excluding hydrogens is 276 g/mol. The van der Waals surface area contributed by atoms with Crippen molar-refractivity contribution in [3.8, 4) is 0 Å². The lowest BCUT2D eigenvalue weighted by atomic mass is 9.84. The third kappa shape index (κ3) is 3.32. The Bertz CT molecular complexity index is 530. The fourth-order valence-electron chi connectivity index (χ4n) is 2.49. The fraction of sp³-hybridized carbons (Fsp3) is 0.692. The first-order valence-electron chi connectivity index (χ1n) is 7.02. The Morgan fingerprint density at radius 1 is 1.52 bits per heavy atom. The van der Waals surface area contributed by atoms with Crippen molar-refractivity contribution in [2.24, 2.45) is 5.41 Å². The molecule has 1 aromatic heterocycles. The molecule has 1 aromatic rings. The van der Waals surface area contributed by atoms with E-state index in [0.717, 1.165) is 0 Å². The molecule has 0 bridgehead atoms. The van der Waals surface area contributed by atoms with Crippen LogP contribution in [0.5, 0.6) is 0 Å². The Morgan fingerprint density at radius 3 is 2.81 bits per heavy atom. The van der Waals surface area contributed by atoms with Crippen molar-refractivity contribution >= 4 is 12.0 Å². The van der Waals surface area contributed by atoms with E-state index in [1.165, 1.54) is 0 Å². The van der Waals surface area contributed by atoms with E-state index < -0.39 is 11.4 Å². The average molecular weight is 296 g/mol. The van der Waals surface area contributed by atoms with Gasteiger partial charge in [-0.05, 0) is 19.8 Å². The first-order chi connectivity index (χ1) is 9.97. The minimum atomic E-state index is -0.832. The topological polar surface area (TPSA) is 109 Å². The monoisotopic (exact) mass is 296 g/mol. The zero-order chi connectivity index (χ0) is 15.5. The van der Waals surface area contributed by atoms with Gasteiger partial charge in [0.1, 0.15) is 0 Å². The summed E-state index contributed by atoms with van der Waals surface area (Å²) < 4.78 is 4.95. The first kappa shape index (κ1) is 15.3. The van der Waals surface area contributed by atoms with Crippen molar-refractivity contribution in [2.75, 3.05) is 19.6 Å². The number of carboxylic acids is 1. The highest BCUT2D eigenvalue weighted by atomic mass is 16.5. The van der Waals surface area contributed by atoms with Crippen LogP contribution in [0.25, 0.3) is 0 Å². The van der Waals surface area contributed by atoms with Gasteiger partial charge >= 0.3 is 12.0 Å². The van der Waals surface area contributed by atoms with Crippen LogP contribution in [0.4, 0.5) is 4.79 Å². The molecule has 21 heavy (non-hydrogen) atoms. The number of aliphatic carboxylic acids is 1. The molecule has 0 aromatic carbocycles. The molecular formula is C13H20N4O4. The molecule has 1 aliphatic rings. The third-order valence-electron chi connectivity index (χ3n) is 3.96. The van der Waals surface area contributed by atoms with Crippen LogP contribution < -0.4 is 5.32 Å². The molecule has 2 N–H and O–H groups in total. The van der Waals surface area contributed by atoms with Crippen LogP contribution in [-0.4, -0.2) is 51.8 Å². The van der Waals surface area contributed by atoms with Crippen molar-refractivity contribution < 1.29 is 19.2 Å². The molecule has 116 valence electrons. The molecule has 0 saturated carbocycles. The Kier molecular flexibility index (Phi) is 4.44. The Balaban J connectivity index is 1.80. The fourth-order valence-corrected chi connectivity index (χ4v) is 2.49. The van der Waals surface area contributed by atoms with E-state index in [-0.39, 0.29) is 12.6 Å². The highest BCUT2D eigenvalue weighted by Crippen LogP contribution is 2.34. The molecule has 8 nitrogen and oxygen atoms in total. The Morgan fingerprint density at radius 2 is 2.29 bits per heavy atom. The van der Waals surface area contributed by atoms with E-state index in [0.29, 0.717) is 44.1 Å². The SMILES string of the molecule is CCC1(C(=O)O)CCN(C(=O)NCCc2nc(C)no2)C1. The van der Waals surface area contributed by atoms with Gasteiger partial charge < -0.3 is 19.8 Å². The maximum atomic E-state index is 12.0. The molecule has 1 unspecified atom stereocenters. The molecule has 1 fully saturated rings. The zero-order valence-corrected chi connectivity index (χ0v) is 12.3. The summed E-state index contributed by atoms with van der Waals surface area (Å²) in [7, 11) is 0. The van der Waals surface area contributed by atoms with E-state index in [4.69, 9.17) is 4.52 Å². The minimum absolute atomic E-state index is 0.247. The molecule has 1 atom stereocenters. The molecule has 2 rings (SSSR count). The highest BCUT2D eigenvalue weighted by molar-refractivity contribution is 5.79. The van der Waals surface area contributed by atoms with Crippen LogP contribution in [0.15, 0.2) is 4.52 Å². The third-order valence-corrected chi connectivity index (χ3v) is 3.96. The maximum Gasteiger partial charge on any atom is 0.317 e. The van der Waals surface area contributed by atoms with Crippen LogP contribution >= 0.6 is 0 Å². The van der Waals surface area contributed by atoms with Crippen LogP contribution in [0.3, 0.4) is 0 Å². The number of aromatic nitrogens is 2.